The molecule has 0 saturated heterocycles. The van der Waals surface area contributed by atoms with E-state index in [2.05, 4.69) is 18.0 Å². The number of ether oxygens (including phenoxy) is 1. The summed E-state index contributed by atoms with van der Waals surface area (Å²) in [5, 5.41) is 21.3. The number of aromatic nitrogens is 1. The second-order valence-electron chi connectivity index (χ2n) is 14.0. The molecular weight excluding hydrogens is 607 g/mol. The van der Waals surface area contributed by atoms with Crippen LogP contribution >= 0.6 is 11.8 Å². The van der Waals surface area contributed by atoms with Crippen LogP contribution in [0.25, 0.3) is 0 Å². The Kier molecular flexibility index (Phi) is 7.33. The van der Waals surface area contributed by atoms with Crippen LogP contribution in [0.1, 0.15) is 69.3 Å². The average molecular weight is 645 g/mol. The fraction of sp³-hybridized carbons (Fsp3) is 0.514. The molecule has 5 aliphatic rings. The molecular formula is C35H37FN4O5S. The number of halogens is 1. The molecule has 2 aromatic rings. The Morgan fingerprint density at radius 3 is 2.83 bits per heavy atom. The maximum atomic E-state index is 14.2. The highest BCUT2D eigenvalue weighted by Crippen LogP contribution is 2.83. The summed E-state index contributed by atoms with van der Waals surface area (Å²) in [4.78, 5) is 36.2. The molecule has 3 N–H and O–H groups in total. The van der Waals surface area contributed by atoms with Gasteiger partial charge in [-0.05, 0) is 116 Å². The Bertz CT molecular complexity index is 1720. The number of aliphatic imine (C=N–C) groups is 1. The minimum atomic E-state index is -1.52. The third-order valence-corrected chi connectivity index (χ3v) is 13.0. The monoisotopic (exact) mass is 644 g/mol. The van der Waals surface area contributed by atoms with Crippen molar-refractivity contribution in [2.45, 2.75) is 70.5 Å². The van der Waals surface area contributed by atoms with Crippen molar-refractivity contribution in [3.63, 3.8) is 0 Å². The van der Waals surface area contributed by atoms with Crippen LogP contribution in [0.15, 0.2) is 69.6 Å². The number of aliphatic hydroxyl groups is 1. The molecule has 0 aliphatic heterocycles. The number of carbonyl (C=O) groups is 2. The van der Waals surface area contributed by atoms with Gasteiger partial charge in [0.2, 0.25) is 16.8 Å². The van der Waals surface area contributed by atoms with Crippen LogP contribution in [0.2, 0.25) is 0 Å². The van der Waals surface area contributed by atoms with E-state index in [0.717, 1.165) is 43.0 Å². The lowest BCUT2D eigenvalue weighted by atomic mass is 9.40. The number of esters is 1. The zero-order valence-corrected chi connectivity index (χ0v) is 26.7. The highest BCUT2D eigenvalue weighted by Gasteiger charge is 2.82. The van der Waals surface area contributed by atoms with E-state index in [1.807, 2.05) is 13.0 Å². The van der Waals surface area contributed by atoms with E-state index < -0.39 is 34.5 Å². The van der Waals surface area contributed by atoms with Crippen LogP contribution in [-0.4, -0.2) is 44.3 Å². The largest absolute Gasteiger partial charge is 0.457 e. The fourth-order valence-corrected chi connectivity index (χ4v) is 11.1. The molecule has 0 bridgehead atoms. The van der Waals surface area contributed by atoms with Crippen molar-refractivity contribution in [2.75, 3.05) is 5.75 Å². The third kappa shape index (κ3) is 4.29. The Morgan fingerprint density at radius 1 is 1.30 bits per heavy atom. The summed E-state index contributed by atoms with van der Waals surface area (Å²) in [5.41, 5.74) is 6.34. The topological polar surface area (TPSA) is 152 Å². The lowest BCUT2D eigenvalue weighted by molar-refractivity contribution is -0.223. The Morgan fingerprint density at radius 2 is 2.13 bits per heavy atom. The van der Waals surface area contributed by atoms with E-state index in [9.17, 15) is 24.3 Å². The second kappa shape index (κ2) is 10.9. The van der Waals surface area contributed by atoms with Gasteiger partial charge in [0.25, 0.3) is 0 Å². The normalized spacial score (nSPS) is 39.2. The fourth-order valence-electron chi connectivity index (χ4n) is 10.3. The van der Waals surface area contributed by atoms with Crippen LogP contribution in [0.5, 0.6) is 0 Å². The van der Waals surface area contributed by atoms with Crippen molar-refractivity contribution < 1.29 is 28.2 Å². The van der Waals surface area contributed by atoms with E-state index in [1.54, 1.807) is 18.3 Å². The predicted molar refractivity (Wildman–Crippen MR) is 169 cm³/mol. The summed E-state index contributed by atoms with van der Waals surface area (Å²) in [6, 6.07) is 8.01. The second-order valence-corrected chi connectivity index (χ2v) is 14.9. The van der Waals surface area contributed by atoms with Crippen molar-refractivity contribution in [3.05, 3.63) is 71.9 Å². The number of pyridine rings is 1. The number of thioether (sulfide) groups is 1. The van der Waals surface area contributed by atoms with E-state index >= 15 is 0 Å². The van der Waals surface area contributed by atoms with Crippen molar-refractivity contribution in [2.24, 2.45) is 44.7 Å². The zero-order chi connectivity index (χ0) is 32.5. The van der Waals surface area contributed by atoms with Gasteiger partial charge in [-0.3, -0.25) is 4.79 Å². The first-order valence-corrected chi connectivity index (χ1v) is 16.8. The third-order valence-electron chi connectivity index (χ3n) is 12.2. The molecule has 46 heavy (non-hydrogen) atoms. The van der Waals surface area contributed by atoms with Gasteiger partial charge in [-0.2, -0.15) is 9.65 Å². The summed E-state index contributed by atoms with van der Waals surface area (Å²) in [7, 11) is 0. The van der Waals surface area contributed by atoms with Gasteiger partial charge in [0.1, 0.15) is 0 Å². The number of carbonyl (C=O) groups excluding carboxylic acids is 2. The first-order valence-electron chi connectivity index (χ1n) is 15.8. The minimum absolute atomic E-state index is 0.0133. The van der Waals surface area contributed by atoms with Crippen LogP contribution in [0, 0.1) is 51.3 Å². The van der Waals surface area contributed by atoms with Crippen LogP contribution in [0.3, 0.4) is 0 Å². The number of hydrogen-bond donors (Lipinski definition) is 2. The van der Waals surface area contributed by atoms with Crippen molar-refractivity contribution in [1.82, 2.24) is 4.98 Å². The van der Waals surface area contributed by atoms with E-state index in [-0.39, 0.29) is 40.3 Å². The van der Waals surface area contributed by atoms with Gasteiger partial charge < -0.3 is 20.0 Å². The van der Waals surface area contributed by atoms with Gasteiger partial charge in [0, 0.05) is 5.41 Å². The van der Waals surface area contributed by atoms with Gasteiger partial charge in [-0.25, -0.2) is 14.8 Å². The molecule has 2 aromatic heterocycles. The van der Waals surface area contributed by atoms with Gasteiger partial charge in [-0.15, -0.1) is 0 Å². The molecule has 4 saturated carbocycles. The highest BCUT2D eigenvalue weighted by atomic mass is 32.2. The standard InChI is InChI=1S/C35H37FN4O5S/c1-32-15-20(18-38)25(40-23-6-8-28(36)39-19-23)14-21(32)5-7-24-29(32)26(41)17-33(2)34(24)16-22(34)9-10-35(33,31(43)46-13-11-37)45-30(42)27-4-3-12-44-27/h3-4,6,8,12,14,18-19,22,24,26,29,41H,5,7,9-10,13,15-17,38H2,1-2H3/t22?,24?,26?,29?,32-,33-,34?,35-/m0/s1. The van der Waals surface area contributed by atoms with Crippen LogP contribution in [0.4, 0.5) is 10.1 Å². The van der Waals surface area contributed by atoms with Crippen molar-refractivity contribution in [1.29, 1.82) is 5.26 Å². The molecule has 5 aliphatic carbocycles. The lowest BCUT2D eigenvalue weighted by Gasteiger charge is -2.66. The number of nitrogens with zero attached hydrogens (tertiary/aromatic N) is 3. The molecule has 0 radical (unpaired) electrons. The molecule has 7 rings (SSSR count). The summed E-state index contributed by atoms with van der Waals surface area (Å²) >= 11 is 0.887. The number of allylic oxidation sites excluding steroid dienone is 3. The first kappa shape index (κ1) is 30.9. The molecule has 2 heterocycles. The molecule has 0 aromatic carbocycles. The highest BCUT2D eigenvalue weighted by molar-refractivity contribution is 8.14. The number of furan rings is 1. The maximum Gasteiger partial charge on any atom is 0.375 e. The number of nitrogens with two attached hydrogens (primary N) is 1. The molecule has 4 fully saturated rings. The number of nitriles is 1. The molecule has 240 valence electrons. The summed E-state index contributed by atoms with van der Waals surface area (Å²) in [5.74, 6) is -1.03. The number of fused-ring (bicyclic) bond motifs is 3. The minimum Gasteiger partial charge on any atom is -0.457 e. The molecule has 9 nitrogen and oxygen atoms in total. The first-order chi connectivity index (χ1) is 22.0. The molecule has 5 unspecified atom stereocenters. The molecule has 0 amide bonds. The van der Waals surface area contributed by atoms with Gasteiger partial charge in [0.05, 0.1) is 41.8 Å². The zero-order valence-electron chi connectivity index (χ0n) is 25.9. The van der Waals surface area contributed by atoms with Gasteiger partial charge in [-0.1, -0.05) is 31.2 Å². The van der Waals surface area contributed by atoms with Crippen molar-refractivity contribution in [3.8, 4) is 6.07 Å². The maximum absolute atomic E-state index is 14.2. The molecule has 8 atom stereocenters. The summed E-state index contributed by atoms with van der Waals surface area (Å²) in [6.45, 7) is 4.24. The van der Waals surface area contributed by atoms with Crippen LogP contribution in [-0.2, 0) is 9.53 Å². The Labute approximate surface area is 271 Å². The van der Waals surface area contributed by atoms with E-state index in [0.29, 0.717) is 30.2 Å². The molecule has 1 spiro atoms. The van der Waals surface area contributed by atoms with Gasteiger partial charge >= 0.3 is 5.97 Å². The number of aliphatic hydroxyl groups excluding tert-OH is 1. The van der Waals surface area contributed by atoms with Gasteiger partial charge in [0.15, 0.2) is 5.60 Å². The predicted octanol–water partition coefficient (Wildman–Crippen LogP) is 6.04. The van der Waals surface area contributed by atoms with Crippen molar-refractivity contribution >= 4 is 34.2 Å². The summed E-state index contributed by atoms with van der Waals surface area (Å²) < 4.78 is 25.1. The molecule has 11 heteroatoms. The Hall–Kier alpha value is -3.75. The number of hydrogen-bond acceptors (Lipinski definition) is 10. The smallest absolute Gasteiger partial charge is 0.375 e. The summed E-state index contributed by atoms with van der Waals surface area (Å²) in [6.07, 6.45) is 10.0. The van der Waals surface area contributed by atoms with Crippen LogP contribution < -0.4 is 5.73 Å². The number of rotatable bonds is 5. The van der Waals surface area contributed by atoms with E-state index in [4.69, 9.17) is 19.9 Å². The average Bonchev–Trinajstić information content (AvgIpc) is 3.52. The Balaban J connectivity index is 1.28. The quantitative estimate of drug-likeness (QED) is 0.293. The SMILES string of the molecule is C[C@]12CC(=CN)C(=Nc3ccc(F)nc3)C=C1CCC1C2C(O)C[C@@]2(C)C13CC3CC[C@]2(OC(=O)c1ccco1)C(=O)SCC#N. The van der Waals surface area contributed by atoms with E-state index in [1.165, 1.54) is 30.2 Å². The lowest BCUT2D eigenvalue weighted by Crippen LogP contribution is -2.69.